The second kappa shape index (κ2) is 6.41. The average Bonchev–Trinajstić information content (AvgIpc) is 2.48. The fourth-order valence-electron chi connectivity index (χ4n) is 1.45. The number of hydrogen-bond donors (Lipinski definition) is 2. The van der Waals surface area contributed by atoms with Crippen LogP contribution >= 0.6 is 0 Å². The third-order valence-corrected chi connectivity index (χ3v) is 2.35. The summed E-state index contributed by atoms with van der Waals surface area (Å²) in [6, 6.07) is 4.00. The van der Waals surface area contributed by atoms with Gasteiger partial charge in [0, 0.05) is 18.1 Å². The van der Waals surface area contributed by atoms with Gasteiger partial charge in [-0.2, -0.15) is 0 Å². The summed E-state index contributed by atoms with van der Waals surface area (Å²) in [5, 5.41) is 11.2. The molecule has 1 amide bonds. The highest BCUT2D eigenvalue weighted by atomic mass is 19.1. The van der Waals surface area contributed by atoms with Crippen molar-refractivity contribution >= 4 is 11.6 Å². The maximum atomic E-state index is 13.4. The average molecular weight is 271 g/mol. The van der Waals surface area contributed by atoms with Gasteiger partial charge in [-0.3, -0.25) is 4.79 Å². The first-order valence-electron chi connectivity index (χ1n) is 5.66. The van der Waals surface area contributed by atoms with E-state index in [0.717, 1.165) is 0 Å². The zero-order valence-corrected chi connectivity index (χ0v) is 10.3. The van der Waals surface area contributed by atoms with Crippen molar-refractivity contribution in [2.75, 3.05) is 11.9 Å². The van der Waals surface area contributed by atoms with E-state index < -0.39 is 11.7 Å². The Hall–Kier alpha value is -2.78. The van der Waals surface area contributed by atoms with Gasteiger partial charge in [-0.25, -0.2) is 14.4 Å². The Kier molecular flexibility index (Phi) is 4.37. The molecule has 100 valence electrons. The van der Waals surface area contributed by atoms with Crippen LogP contribution < -0.4 is 5.32 Å². The summed E-state index contributed by atoms with van der Waals surface area (Å²) < 4.78 is 13.4. The SMILES string of the molecule is O=C(Nc1ccc(F)c(C#CCO)c1)c1cncnc1. The Labute approximate surface area is 114 Å². The molecular weight excluding hydrogens is 261 g/mol. The van der Waals surface area contributed by atoms with Crippen molar-refractivity contribution in [2.24, 2.45) is 0 Å². The molecule has 2 rings (SSSR count). The molecular formula is C14H10FN3O2. The molecule has 0 aliphatic heterocycles. The van der Waals surface area contributed by atoms with Crippen LogP contribution in [0.3, 0.4) is 0 Å². The van der Waals surface area contributed by atoms with E-state index in [4.69, 9.17) is 5.11 Å². The highest BCUT2D eigenvalue weighted by Gasteiger charge is 2.08. The molecule has 0 bridgehead atoms. The molecule has 1 aromatic carbocycles. The molecule has 2 aromatic rings. The van der Waals surface area contributed by atoms with E-state index in [2.05, 4.69) is 27.1 Å². The molecule has 0 saturated carbocycles. The van der Waals surface area contributed by atoms with E-state index in [9.17, 15) is 9.18 Å². The monoisotopic (exact) mass is 271 g/mol. The van der Waals surface area contributed by atoms with E-state index >= 15 is 0 Å². The van der Waals surface area contributed by atoms with Gasteiger partial charge in [0.2, 0.25) is 0 Å². The number of nitrogens with zero attached hydrogens (tertiary/aromatic N) is 2. The maximum Gasteiger partial charge on any atom is 0.258 e. The highest BCUT2D eigenvalue weighted by Crippen LogP contribution is 2.14. The number of carbonyl (C=O) groups excluding carboxylic acids is 1. The predicted octanol–water partition coefficient (Wildman–Crippen LogP) is 1.21. The predicted molar refractivity (Wildman–Crippen MR) is 70.3 cm³/mol. The molecule has 2 N–H and O–H groups in total. The van der Waals surface area contributed by atoms with E-state index in [1.54, 1.807) is 0 Å². The molecule has 0 aliphatic carbocycles. The van der Waals surface area contributed by atoms with Crippen LogP contribution in [-0.4, -0.2) is 27.6 Å². The fraction of sp³-hybridized carbons (Fsp3) is 0.0714. The Bertz CT molecular complexity index is 678. The molecule has 0 fully saturated rings. The molecule has 0 spiro atoms. The van der Waals surface area contributed by atoms with Gasteiger partial charge in [0.25, 0.3) is 5.91 Å². The summed E-state index contributed by atoms with van der Waals surface area (Å²) in [5.41, 5.74) is 0.781. The first-order valence-corrected chi connectivity index (χ1v) is 5.66. The standard InChI is InChI=1S/C14H10FN3O2/c15-13-4-3-12(6-10(13)2-1-5-19)18-14(20)11-7-16-9-17-8-11/h3-4,6-9,19H,5H2,(H,18,20). The molecule has 0 aliphatic rings. The van der Waals surface area contributed by atoms with Crippen LogP contribution in [0.2, 0.25) is 0 Å². The summed E-state index contributed by atoms with van der Waals surface area (Å²) in [4.78, 5) is 19.3. The normalized spacial score (nSPS) is 9.50. The van der Waals surface area contributed by atoms with Gasteiger partial charge >= 0.3 is 0 Å². The van der Waals surface area contributed by atoms with E-state index in [-0.39, 0.29) is 12.2 Å². The van der Waals surface area contributed by atoms with Gasteiger partial charge in [-0.05, 0) is 18.2 Å². The zero-order valence-electron chi connectivity index (χ0n) is 10.3. The minimum absolute atomic E-state index is 0.0983. The lowest BCUT2D eigenvalue weighted by molar-refractivity contribution is 0.102. The van der Waals surface area contributed by atoms with Crippen molar-refractivity contribution < 1.29 is 14.3 Å². The lowest BCUT2D eigenvalue weighted by Crippen LogP contribution is -2.12. The number of aliphatic hydroxyl groups is 1. The summed E-state index contributed by atoms with van der Waals surface area (Å²) in [6.45, 7) is -0.364. The smallest absolute Gasteiger partial charge is 0.258 e. The van der Waals surface area contributed by atoms with Crippen molar-refractivity contribution in [1.29, 1.82) is 0 Å². The fourth-order valence-corrected chi connectivity index (χ4v) is 1.45. The Balaban J connectivity index is 2.20. The van der Waals surface area contributed by atoms with Crippen molar-refractivity contribution in [3.8, 4) is 11.8 Å². The summed E-state index contributed by atoms with van der Waals surface area (Å²) in [5.74, 6) is 3.89. The molecule has 20 heavy (non-hydrogen) atoms. The molecule has 1 heterocycles. The van der Waals surface area contributed by atoms with E-state index in [1.165, 1.54) is 36.9 Å². The summed E-state index contributed by atoms with van der Waals surface area (Å²) in [7, 11) is 0. The van der Waals surface area contributed by atoms with Crippen LogP contribution in [0.1, 0.15) is 15.9 Å². The molecule has 0 radical (unpaired) electrons. The number of nitrogens with one attached hydrogen (secondary N) is 1. The van der Waals surface area contributed by atoms with Crippen LogP contribution in [0.4, 0.5) is 10.1 Å². The van der Waals surface area contributed by atoms with Crippen LogP contribution in [0.15, 0.2) is 36.9 Å². The largest absolute Gasteiger partial charge is 0.384 e. The van der Waals surface area contributed by atoms with Crippen LogP contribution in [0.25, 0.3) is 0 Å². The lowest BCUT2D eigenvalue weighted by Gasteiger charge is -2.05. The van der Waals surface area contributed by atoms with Crippen LogP contribution in [-0.2, 0) is 0 Å². The van der Waals surface area contributed by atoms with Crippen LogP contribution in [0, 0.1) is 17.7 Å². The molecule has 0 saturated heterocycles. The number of amides is 1. The third kappa shape index (κ3) is 3.37. The van der Waals surface area contributed by atoms with Gasteiger partial charge in [-0.15, -0.1) is 0 Å². The van der Waals surface area contributed by atoms with Gasteiger partial charge < -0.3 is 10.4 Å². The Morgan fingerprint density at radius 2 is 2.10 bits per heavy atom. The summed E-state index contributed by atoms with van der Waals surface area (Å²) >= 11 is 0. The molecule has 6 heteroatoms. The number of aliphatic hydroxyl groups excluding tert-OH is 1. The van der Waals surface area contributed by atoms with Crippen LogP contribution in [0.5, 0.6) is 0 Å². The first kappa shape index (κ1) is 13.6. The number of aromatic nitrogens is 2. The number of rotatable bonds is 2. The summed E-state index contributed by atoms with van der Waals surface area (Å²) in [6.07, 6.45) is 4.06. The topological polar surface area (TPSA) is 75.1 Å². The molecule has 0 unspecified atom stereocenters. The van der Waals surface area contributed by atoms with Crippen molar-refractivity contribution in [3.63, 3.8) is 0 Å². The van der Waals surface area contributed by atoms with Gasteiger partial charge in [0.1, 0.15) is 18.8 Å². The van der Waals surface area contributed by atoms with Crippen molar-refractivity contribution in [3.05, 3.63) is 53.9 Å². The Morgan fingerprint density at radius 1 is 1.35 bits per heavy atom. The molecule has 0 atom stereocenters. The minimum atomic E-state index is -0.521. The minimum Gasteiger partial charge on any atom is -0.384 e. The van der Waals surface area contributed by atoms with E-state index in [0.29, 0.717) is 11.3 Å². The van der Waals surface area contributed by atoms with E-state index in [1.807, 2.05) is 0 Å². The van der Waals surface area contributed by atoms with Crippen molar-refractivity contribution in [2.45, 2.75) is 0 Å². The Morgan fingerprint density at radius 3 is 2.80 bits per heavy atom. The lowest BCUT2D eigenvalue weighted by atomic mass is 10.2. The first-order chi connectivity index (χ1) is 9.70. The number of carbonyl (C=O) groups is 1. The number of hydrogen-bond acceptors (Lipinski definition) is 4. The van der Waals surface area contributed by atoms with Gasteiger partial charge in [-0.1, -0.05) is 11.8 Å². The molecule has 5 nitrogen and oxygen atoms in total. The van der Waals surface area contributed by atoms with Crippen molar-refractivity contribution in [1.82, 2.24) is 9.97 Å². The number of halogens is 1. The second-order valence-corrected chi connectivity index (χ2v) is 3.74. The quantitative estimate of drug-likeness (QED) is 0.805. The highest BCUT2D eigenvalue weighted by molar-refractivity contribution is 6.03. The maximum absolute atomic E-state index is 13.4. The van der Waals surface area contributed by atoms with Gasteiger partial charge in [0.05, 0.1) is 11.1 Å². The number of benzene rings is 1. The van der Waals surface area contributed by atoms with Gasteiger partial charge in [0.15, 0.2) is 0 Å². The second-order valence-electron chi connectivity index (χ2n) is 3.74. The number of anilines is 1. The zero-order chi connectivity index (χ0) is 14.4. The molecule has 1 aromatic heterocycles. The third-order valence-electron chi connectivity index (χ3n) is 2.35.